The molecule has 1 aromatic carbocycles. The van der Waals surface area contributed by atoms with Gasteiger partial charge in [-0.3, -0.25) is 4.79 Å². The van der Waals surface area contributed by atoms with Crippen LogP contribution in [0, 0.1) is 12.3 Å². The SMILES string of the molecule is C#Cc1ccccc1C1(C(=O)O)CCC1. The van der Waals surface area contributed by atoms with Gasteiger partial charge in [0.1, 0.15) is 0 Å². The van der Waals surface area contributed by atoms with Crippen molar-refractivity contribution in [3.05, 3.63) is 35.4 Å². The molecule has 1 aliphatic carbocycles. The van der Waals surface area contributed by atoms with E-state index in [9.17, 15) is 9.90 Å². The predicted molar refractivity (Wildman–Crippen MR) is 57.5 cm³/mol. The van der Waals surface area contributed by atoms with Crippen LogP contribution in [0.4, 0.5) is 0 Å². The third-order valence-corrected chi connectivity index (χ3v) is 3.21. The molecule has 1 fully saturated rings. The molecule has 1 N–H and O–H groups in total. The van der Waals surface area contributed by atoms with E-state index in [0.29, 0.717) is 18.4 Å². The molecule has 1 saturated carbocycles. The molecule has 0 radical (unpaired) electrons. The smallest absolute Gasteiger partial charge is 0.314 e. The van der Waals surface area contributed by atoms with Crippen molar-refractivity contribution in [3.8, 4) is 12.3 Å². The molecule has 0 amide bonds. The van der Waals surface area contributed by atoms with Crippen LogP contribution in [-0.2, 0) is 10.2 Å². The zero-order valence-corrected chi connectivity index (χ0v) is 8.36. The van der Waals surface area contributed by atoms with E-state index in [-0.39, 0.29) is 0 Å². The van der Waals surface area contributed by atoms with Crippen LogP contribution in [0.2, 0.25) is 0 Å². The highest BCUT2D eigenvalue weighted by Crippen LogP contribution is 2.45. The molecule has 0 bridgehead atoms. The molecule has 0 saturated heterocycles. The van der Waals surface area contributed by atoms with Crippen molar-refractivity contribution in [2.75, 3.05) is 0 Å². The summed E-state index contributed by atoms with van der Waals surface area (Å²) in [5.74, 6) is 1.81. The summed E-state index contributed by atoms with van der Waals surface area (Å²) in [6.45, 7) is 0. The predicted octanol–water partition coefficient (Wildman–Crippen LogP) is 2.17. The molecule has 1 aromatic rings. The lowest BCUT2D eigenvalue weighted by Crippen LogP contribution is -2.42. The maximum absolute atomic E-state index is 11.3. The molecule has 0 heterocycles. The van der Waals surface area contributed by atoms with E-state index in [1.54, 1.807) is 6.07 Å². The molecular weight excluding hydrogens is 188 g/mol. The third kappa shape index (κ3) is 1.32. The fourth-order valence-corrected chi connectivity index (χ4v) is 2.16. The van der Waals surface area contributed by atoms with Crippen molar-refractivity contribution >= 4 is 5.97 Å². The third-order valence-electron chi connectivity index (χ3n) is 3.21. The molecule has 2 nitrogen and oxygen atoms in total. The zero-order valence-electron chi connectivity index (χ0n) is 8.36. The van der Waals surface area contributed by atoms with Gasteiger partial charge in [-0.15, -0.1) is 6.42 Å². The van der Waals surface area contributed by atoms with Gasteiger partial charge >= 0.3 is 5.97 Å². The molecule has 1 aliphatic rings. The molecule has 2 rings (SSSR count). The summed E-state index contributed by atoms with van der Waals surface area (Å²) in [5, 5.41) is 9.29. The Labute approximate surface area is 88.9 Å². The van der Waals surface area contributed by atoms with E-state index in [1.807, 2.05) is 18.2 Å². The van der Waals surface area contributed by atoms with Crippen LogP contribution in [0.25, 0.3) is 0 Å². The Morgan fingerprint density at radius 1 is 1.40 bits per heavy atom. The highest BCUT2D eigenvalue weighted by atomic mass is 16.4. The highest BCUT2D eigenvalue weighted by Gasteiger charge is 2.46. The Kier molecular flexibility index (Phi) is 2.24. The van der Waals surface area contributed by atoms with Gasteiger partial charge in [-0.2, -0.15) is 0 Å². The second-order valence-electron chi connectivity index (χ2n) is 3.93. The van der Waals surface area contributed by atoms with Crippen LogP contribution in [0.1, 0.15) is 30.4 Å². The lowest BCUT2D eigenvalue weighted by Gasteiger charge is -2.38. The standard InChI is InChI=1S/C13H12O2/c1-2-10-6-3-4-7-11(10)13(12(14)15)8-5-9-13/h1,3-4,6-7H,5,8-9H2,(H,14,15). The minimum atomic E-state index is -0.753. The number of benzene rings is 1. The number of rotatable bonds is 2. The van der Waals surface area contributed by atoms with Crippen LogP contribution in [0.5, 0.6) is 0 Å². The molecule has 2 heteroatoms. The van der Waals surface area contributed by atoms with Gasteiger partial charge in [0.15, 0.2) is 0 Å². The highest BCUT2D eigenvalue weighted by molar-refractivity contribution is 5.83. The first-order valence-corrected chi connectivity index (χ1v) is 5.00. The first kappa shape index (κ1) is 9.79. The molecule has 0 unspecified atom stereocenters. The van der Waals surface area contributed by atoms with Gasteiger partial charge in [0, 0.05) is 5.56 Å². The summed E-state index contributed by atoms with van der Waals surface area (Å²) >= 11 is 0. The summed E-state index contributed by atoms with van der Waals surface area (Å²) in [4.78, 5) is 11.3. The van der Waals surface area contributed by atoms with Crippen molar-refractivity contribution in [1.82, 2.24) is 0 Å². The number of hydrogen-bond donors (Lipinski definition) is 1. The van der Waals surface area contributed by atoms with E-state index >= 15 is 0 Å². The van der Waals surface area contributed by atoms with Crippen molar-refractivity contribution in [3.63, 3.8) is 0 Å². The largest absolute Gasteiger partial charge is 0.481 e. The molecule has 0 atom stereocenters. The number of hydrogen-bond acceptors (Lipinski definition) is 1. The Bertz CT molecular complexity index is 436. The van der Waals surface area contributed by atoms with Gasteiger partial charge in [-0.05, 0) is 24.5 Å². The molecule has 76 valence electrons. The Balaban J connectivity index is 2.53. The first-order chi connectivity index (χ1) is 7.20. The van der Waals surface area contributed by atoms with Crippen LogP contribution in [0.15, 0.2) is 24.3 Å². The summed E-state index contributed by atoms with van der Waals surface area (Å²) in [6, 6.07) is 7.33. The van der Waals surface area contributed by atoms with E-state index in [4.69, 9.17) is 6.42 Å². The number of carboxylic acids is 1. The minimum absolute atomic E-state index is 0.695. The fraction of sp³-hybridized carbons (Fsp3) is 0.308. The summed E-state index contributed by atoms with van der Waals surface area (Å²) in [7, 11) is 0. The maximum atomic E-state index is 11.3. The number of carboxylic acid groups (broad SMARTS) is 1. The van der Waals surface area contributed by atoms with Gasteiger partial charge in [-0.25, -0.2) is 0 Å². The quantitative estimate of drug-likeness (QED) is 0.743. The molecule has 0 aromatic heterocycles. The average molecular weight is 200 g/mol. The van der Waals surface area contributed by atoms with E-state index in [0.717, 1.165) is 12.0 Å². The Hall–Kier alpha value is -1.75. The molecule has 0 spiro atoms. The average Bonchev–Trinajstić information content (AvgIpc) is 2.16. The van der Waals surface area contributed by atoms with Crippen molar-refractivity contribution in [2.45, 2.75) is 24.7 Å². The summed E-state index contributed by atoms with van der Waals surface area (Å²) in [5.41, 5.74) is 0.786. The van der Waals surface area contributed by atoms with Crippen LogP contribution < -0.4 is 0 Å². The van der Waals surface area contributed by atoms with Gasteiger partial charge in [0.2, 0.25) is 0 Å². The molecular formula is C13H12O2. The van der Waals surface area contributed by atoms with E-state index in [1.165, 1.54) is 0 Å². The number of terminal acetylenes is 1. The van der Waals surface area contributed by atoms with Crippen LogP contribution in [-0.4, -0.2) is 11.1 Å². The van der Waals surface area contributed by atoms with Crippen molar-refractivity contribution in [1.29, 1.82) is 0 Å². The summed E-state index contributed by atoms with van der Waals surface area (Å²) < 4.78 is 0. The topological polar surface area (TPSA) is 37.3 Å². The van der Waals surface area contributed by atoms with Crippen molar-refractivity contribution in [2.24, 2.45) is 0 Å². The van der Waals surface area contributed by atoms with Gasteiger partial charge in [0.25, 0.3) is 0 Å². The lowest BCUT2D eigenvalue weighted by molar-refractivity contribution is -0.147. The lowest BCUT2D eigenvalue weighted by atomic mass is 9.63. The molecule has 0 aliphatic heterocycles. The Morgan fingerprint density at radius 2 is 2.07 bits per heavy atom. The number of aliphatic carboxylic acids is 1. The second kappa shape index (κ2) is 3.43. The van der Waals surface area contributed by atoms with Gasteiger partial charge in [-0.1, -0.05) is 30.5 Å². The number of carbonyl (C=O) groups is 1. The zero-order chi connectivity index (χ0) is 10.9. The second-order valence-corrected chi connectivity index (χ2v) is 3.93. The maximum Gasteiger partial charge on any atom is 0.314 e. The van der Waals surface area contributed by atoms with Crippen LogP contribution >= 0.6 is 0 Å². The minimum Gasteiger partial charge on any atom is -0.481 e. The fourth-order valence-electron chi connectivity index (χ4n) is 2.16. The normalized spacial score (nSPS) is 17.5. The Morgan fingerprint density at radius 3 is 2.53 bits per heavy atom. The van der Waals surface area contributed by atoms with Crippen LogP contribution in [0.3, 0.4) is 0 Å². The molecule has 15 heavy (non-hydrogen) atoms. The first-order valence-electron chi connectivity index (χ1n) is 5.00. The summed E-state index contributed by atoms with van der Waals surface area (Å²) in [6.07, 6.45) is 7.74. The van der Waals surface area contributed by atoms with Crippen molar-refractivity contribution < 1.29 is 9.90 Å². The van der Waals surface area contributed by atoms with E-state index < -0.39 is 11.4 Å². The monoisotopic (exact) mass is 200 g/mol. The van der Waals surface area contributed by atoms with Gasteiger partial charge < -0.3 is 5.11 Å². The van der Waals surface area contributed by atoms with Gasteiger partial charge in [0.05, 0.1) is 5.41 Å². The van der Waals surface area contributed by atoms with E-state index in [2.05, 4.69) is 5.92 Å².